The maximum Gasteiger partial charge on any atom is 0.223 e. The fraction of sp³-hybridized carbons (Fsp3) is 0.588. The molecule has 1 aromatic rings. The fourth-order valence-corrected chi connectivity index (χ4v) is 3.26. The van der Waals surface area contributed by atoms with E-state index >= 15 is 0 Å². The third kappa shape index (κ3) is 4.72. The minimum Gasteiger partial charge on any atom is -0.396 e. The molecule has 1 fully saturated rings. The Morgan fingerprint density at radius 1 is 1.43 bits per heavy atom. The quantitative estimate of drug-likeness (QED) is 0.877. The van der Waals surface area contributed by atoms with Crippen molar-refractivity contribution >= 4 is 17.5 Å². The van der Waals surface area contributed by atoms with Gasteiger partial charge < -0.3 is 10.4 Å². The molecular formula is C17H24ClNO2. The number of carbonyl (C=O) groups excluding carboxylic acids is 1. The van der Waals surface area contributed by atoms with Gasteiger partial charge in [0.1, 0.15) is 0 Å². The second-order valence-electron chi connectivity index (χ2n) is 6.08. The first-order valence-corrected chi connectivity index (χ1v) is 8.13. The van der Waals surface area contributed by atoms with Gasteiger partial charge in [-0.05, 0) is 37.0 Å². The number of carbonyl (C=O) groups is 1. The van der Waals surface area contributed by atoms with E-state index in [0.29, 0.717) is 11.4 Å². The van der Waals surface area contributed by atoms with Gasteiger partial charge in [-0.1, -0.05) is 43.5 Å². The highest BCUT2D eigenvalue weighted by Crippen LogP contribution is 2.24. The van der Waals surface area contributed by atoms with E-state index in [-0.39, 0.29) is 30.4 Å². The molecule has 0 heterocycles. The van der Waals surface area contributed by atoms with E-state index in [0.717, 1.165) is 31.2 Å². The molecule has 0 aromatic heterocycles. The van der Waals surface area contributed by atoms with Crippen LogP contribution in [0, 0.1) is 11.8 Å². The summed E-state index contributed by atoms with van der Waals surface area (Å²) in [6.07, 6.45) is 4.94. The second kappa shape index (κ2) is 7.81. The van der Waals surface area contributed by atoms with E-state index in [2.05, 4.69) is 5.32 Å². The Morgan fingerprint density at radius 2 is 2.19 bits per heavy atom. The zero-order valence-electron chi connectivity index (χ0n) is 12.5. The van der Waals surface area contributed by atoms with Crippen LogP contribution in [0.15, 0.2) is 24.3 Å². The van der Waals surface area contributed by atoms with Crippen molar-refractivity contribution in [1.82, 2.24) is 5.32 Å². The van der Waals surface area contributed by atoms with Crippen LogP contribution in [0.3, 0.4) is 0 Å². The topological polar surface area (TPSA) is 49.3 Å². The summed E-state index contributed by atoms with van der Waals surface area (Å²) in [6.45, 7) is 2.10. The molecule has 3 unspecified atom stereocenters. The molecule has 1 aliphatic rings. The zero-order valence-corrected chi connectivity index (χ0v) is 13.3. The predicted octanol–water partition coefficient (Wildman–Crippen LogP) is 3.19. The molecule has 2 N–H and O–H groups in total. The Morgan fingerprint density at radius 3 is 2.90 bits per heavy atom. The van der Waals surface area contributed by atoms with Crippen molar-refractivity contribution < 1.29 is 9.90 Å². The van der Waals surface area contributed by atoms with E-state index in [4.69, 9.17) is 11.6 Å². The molecule has 0 saturated heterocycles. The van der Waals surface area contributed by atoms with Gasteiger partial charge in [0.25, 0.3) is 0 Å². The lowest BCUT2D eigenvalue weighted by molar-refractivity contribution is -0.126. The van der Waals surface area contributed by atoms with Gasteiger partial charge in [0.2, 0.25) is 5.91 Å². The molecule has 4 heteroatoms. The number of benzene rings is 1. The summed E-state index contributed by atoms with van der Waals surface area (Å²) < 4.78 is 0. The van der Waals surface area contributed by atoms with Crippen LogP contribution in [0.1, 0.15) is 38.2 Å². The van der Waals surface area contributed by atoms with Crippen LogP contribution in [0.4, 0.5) is 0 Å². The fourth-order valence-electron chi connectivity index (χ4n) is 3.05. The van der Waals surface area contributed by atoms with Gasteiger partial charge in [0.15, 0.2) is 0 Å². The first-order valence-electron chi connectivity index (χ1n) is 7.76. The van der Waals surface area contributed by atoms with E-state index < -0.39 is 0 Å². The van der Waals surface area contributed by atoms with Crippen molar-refractivity contribution in [2.24, 2.45) is 11.8 Å². The molecular weight excluding hydrogens is 286 g/mol. The normalized spacial score (nSPS) is 23.6. The van der Waals surface area contributed by atoms with E-state index in [1.807, 2.05) is 31.2 Å². The first-order chi connectivity index (χ1) is 10.1. The summed E-state index contributed by atoms with van der Waals surface area (Å²) >= 11 is 5.97. The molecule has 0 spiro atoms. The minimum absolute atomic E-state index is 0.0697. The van der Waals surface area contributed by atoms with Gasteiger partial charge in [-0.3, -0.25) is 4.79 Å². The molecule has 1 amide bonds. The Bertz CT molecular complexity index is 478. The molecule has 2 rings (SSSR count). The minimum atomic E-state index is -0.0928. The molecule has 0 radical (unpaired) electrons. The van der Waals surface area contributed by atoms with E-state index in [1.54, 1.807) is 0 Å². The summed E-state index contributed by atoms with van der Waals surface area (Å²) in [7, 11) is 0. The lowest BCUT2D eigenvalue weighted by Crippen LogP contribution is -2.45. The number of halogens is 1. The summed E-state index contributed by atoms with van der Waals surface area (Å²) in [5.74, 6) is 0.186. The molecule has 3 atom stereocenters. The highest BCUT2D eigenvalue weighted by Gasteiger charge is 2.27. The van der Waals surface area contributed by atoms with Crippen molar-refractivity contribution in [3.63, 3.8) is 0 Å². The predicted molar refractivity (Wildman–Crippen MR) is 85.3 cm³/mol. The molecule has 1 saturated carbocycles. The van der Waals surface area contributed by atoms with Crippen LogP contribution in [0.5, 0.6) is 0 Å². The van der Waals surface area contributed by atoms with Crippen LogP contribution in [0.2, 0.25) is 5.02 Å². The van der Waals surface area contributed by atoms with Crippen LogP contribution in [0.25, 0.3) is 0 Å². The summed E-state index contributed by atoms with van der Waals surface area (Å²) in [4.78, 5) is 12.3. The van der Waals surface area contributed by atoms with Crippen molar-refractivity contribution in [3.8, 4) is 0 Å². The highest BCUT2D eigenvalue weighted by molar-refractivity contribution is 6.30. The molecule has 0 aliphatic heterocycles. The maximum absolute atomic E-state index is 12.3. The van der Waals surface area contributed by atoms with Gasteiger partial charge in [-0.15, -0.1) is 0 Å². The average Bonchev–Trinajstić information content (AvgIpc) is 2.47. The number of aliphatic hydroxyl groups is 1. The summed E-state index contributed by atoms with van der Waals surface area (Å²) in [5.41, 5.74) is 1.08. The van der Waals surface area contributed by atoms with Crippen molar-refractivity contribution in [2.75, 3.05) is 6.61 Å². The van der Waals surface area contributed by atoms with Gasteiger partial charge in [-0.25, -0.2) is 0 Å². The lowest BCUT2D eigenvalue weighted by atomic mass is 9.84. The number of hydrogen-bond acceptors (Lipinski definition) is 2. The summed E-state index contributed by atoms with van der Waals surface area (Å²) in [6, 6.07) is 7.77. The van der Waals surface area contributed by atoms with Crippen LogP contribution in [-0.2, 0) is 11.2 Å². The largest absolute Gasteiger partial charge is 0.396 e. The number of rotatable bonds is 5. The molecule has 1 aromatic carbocycles. The zero-order chi connectivity index (χ0) is 15.2. The number of hydrogen-bond donors (Lipinski definition) is 2. The number of amides is 1. The molecule has 21 heavy (non-hydrogen) atoms. The van der Waals surface area contributed by atoms with Gasteiger partial charge >= 0.3 is 0 Å². The van der Waals surface area contributed by atoms with Crippen LogP contribution in [-0.4, -0.2) is 23.7 Å². The molecule has 1 aliphatic carbocycles. The Labute approximate surface area is 131 Å². The smallest absolute Gasteiger partial charge is 0.223 e. The Hall–Kier alpha value is -1.06. The van der Waals surface area contributed by atoms with Crippen molar-refractivity contribution in [3.05, 3.63) is 34.9 Å². The van der Waals surface area contributed by atoms with Gasteiger partial charge in [-0.2, -0.15) is 0 Å². The van der Waals surface area contributed by atoms with Crippen molar-refractivity contribution in [1.29, 1.82) is 0 Å². The third-order valence-electron chi connectivity index (χ3n) is 4.35. The maximum atomic E-state index is 12.3. The highest BCUT2D eigenvalue weighted by atomic mass is 35.5. The van der Waals surface area contributed by atoms with Crippen molar-refractivity contribution in [2.45, 2.75) is 45.1 Å². The van der Waals surface area contributed by atoms with Gasteiger partial charge in [0, 0.05) is 29.5 Å². The third-order valence-corrected chi connectivity index (χ3v) is 4.58. The SMILES string of the molecule is CC(Cc1cccc(Cl)c1)C(=O)NC1CCCCC1CO. The Kier molecular flexibility index (Phi) is 6.07. The second-order valence-corrected chi connectivity index (χ2v) is 6.51. The van der Waals surface area contributed by atoms with Crippen LogP contribution >= 0.6 is 11.6 Å². The average molecular weight is 310 g/mol. The lowest BCUT2D eigenvalue weighted by Gasteiger charge is -2.31. The van der Waals surface area contributed by atoms with Gasteiger partial charge in [0.05, 0.1) is 0 Å². The molecule has 116 valence electrons. The monoisotopic (exact) mass is 309 g/mol. The first kappa shape index (κ1) is 16.3. The van der Waals surface area contributed by atoms with E-state index in [9.17, 15) is 9.90 Å². The summed E-state index contributed by atoms with van der Waals surface area (Å²) in [5, 5.41) is 13.2. The van der Waals surface area contributed by atoms with E-state index in [1.165, 1.54) is 0 Å². The van der Waals surface area contributed by atoms with Crippen LogP contribution < -0.4 is 5.32 Å². The molecule has 0 bridgehead atoms. The Balaban J connectivity index is 1.90. The number of nitrogens with one attached hydrogen (secondary N) is 1. The standard InChI is InChI=1S/C17H24ClNO2/c1-12(9-13-5-4-7-15(18)10-13)17(21)19-16-8-3-2-6-14(16)11-20/h4-5,7,10,12,14,16,20H,2-3,6,8-9,11H2,1H3,(H,19,21). The number of aliphatic hydroxyl groups excluding tert-OH is 1. The molecule has 3 nitrogen and oxygen atoms in total.